The van der Waals surface area contributed by atoms with Gasteiger partial charge in [0.25, 0.3) is 11.8 Å². The second-order valence-corrected chi connectivity index (χ2v) is 6.96. The Morgan fingerprint density at radius 3 is 2.19 bits per heavy atom. The lowest BCUT2D eigenvalue weighted by Gasteiger charge is -2.06. The van der Waals surface area contributed by atoms with Crippen LogP contribution in [0.3, 0.4) is 0 Å². The fourth-order valence-electron chi connectivity index (χ4n) is 3.13. The second kappa shape index (κ2) is 8.31. The Bertz CT molecular complexity index is 1260. The van der Waals surface area contributed by atoms with Gasteiger partial charge in [-0.2, -0.15) is 0 Å². The highest BCUT2D eigenvalue weighted by Crippen LogP contribution is 2.35. The lowest BCUT2D eigenvalue weighted by Crippen LogP contribution is -2.12. The molecule has 31 heavy (non-hydrogen) atoms. The highest BCUT2D eigenvalue weighted by atomic mass is 19.1. The summed E-state index contributed by atoms with van der Waals surface area (Å²) in [6, 6.07) is 17.6. The highest BCUT2D eigenvalue weighted by molar-refractivity contribution is 6.09. The number of amides is 2. The number of anilines is 2. The van der Waals surface area contributed by atoms with E-state index in [-0.39, 0.29) is 17.4 Å². The number of nitrogens with one attached hydrogen (secondary N) is 2. The molecule has 2 amide bonds. The monoisotopic (exact) mass is 418 g/mol. The minimum Gasteiger partial charge on any atom is -0.492 e. The van der Waals surface area contributed by atoms with E-state index in [1.165, 1.54) is 31.4 Å². The SMILES string of the molecule is COc1c(C(=O)Nc2ccc(F)cc2)oc2ccc(NC(=O)c3ccc(C)cc3)cc12. The van der Waals surface area contributed by atoms with E-state index in [2.05, 4.69) is 10.6 Å². The molecule has 0 aliphatic carbocycles. The number of rotatable bonds is 5. The molecule has 1 aromatic heterocycles. The van der Waals surface area contributed by atoms with Gasteiger partial charge in [0, 0.05) is 16.9 Å². The van der Waals surface area contributed by atoms with Crippen LogP contribution in [0.25, 0.3) is 11.0 Å². The molecule has 4 aromatic rings. The standard InChI is InChI=1S/C24H19FN2O4/c1-14-3-5-15(6-4-14)23(28)27-18-11-12-20-19(13-18)21(30-2)22(31-20)24(29)26-17-9-7-16(25)8-10-17/h3-13H,1-2H3,(H,26,29)(H,27,28). The van der Waals surface area contributed by atoms with Gasteiger partial charge in [0.2, 0.25) is 5.76 Å². The highest BCUT2D eigenvalue weighted by Gasteiger charge is 2.22. The zero-order valence-electron chi connectivity index (χ0n) is 16.9. The molecule has 0 bridgehead atoms. The van der Waals surface area contributed by atoms with Crippen LogP contribution in [0.4, 0.5) is 15.8 Å². The number of halogens is 1. The first-order chi connectivity index (χ1) is 14.9. The first kappa shape index (κ1) is 20.2. The molecule has 6 nitrogen and oxygen atoms in total. The van der Waals surface area contributed by atoms with Crippen LogP contribution in [0.1, 0.15) is 26.5 Å². The molecule has 2 N–H and O–H groups in total. The Balaban J connectivity index is 1.60. The van der Waals surface area contributed by atoms with E-state index in [0.29, 0.717) is 27.9 Å². The molecule has 0 radical (unpaired) electrons. The lowest BCUT2D eigenvalue weighted by molar-refractivity contribution is 0.0992. The van der Waals surface area contributed by atoms with Crippen molar-refractivity contribution in [3.05, 3.63) is 89.4 Å². The number of methoxy groups -OCH3 is 1. The van der Waals surface area contributed by atoms with Crippen LogP contribution in [0.5, 0.6) is 5.75 Å². The summed E-state index contributed by atoms with van der Waals surface area (Å²) in [5.74, 6) is -0.981. The molecule has 0 aliphatic rings. The average Bonchev–Trinajstić information content (AvgIpc) is 3.14. The number of benzene rings is 3. The van der Waals surface area contributed by atoms with Crippen molar-refractivity contribution >= 4 is 34.2 Å². The number of fused-ring (bicyclic) bond motifs is 1. The summed E-state index contributed by atoms with van der Waals surface area (Å²) in [6.45, 7) is 1.95. The van der Waals surface area contributed by atoms with Crippen LogP contribution < -0.4 is 15.4 Å². The Labute approximate surface area is 177 Å². The topological polar surface area (TPSA) is 80.6 Å². The van der Waals surface area contributed by atoms with Crippen LogP contribution in [0.15, 0.2) is 71.1 Å². The van der Waals surface area contributed by atoms with Gasteiger partial charge >= 0.3 is 0 Å². The van der Waals surface area contributed by atoms with Crippen LogP contribution in [0, 0.1) is 12.7 Å². The third-order valence-electron chi connectivity index (χ3n) is 4.73. The smallest absolute Gasteiger partial charge is 0.295 e. The van der Waals surface area contributed by atoms with Crippen molar-refractivity contribution in [2.24, 2.45) is 0 Å². The van der Waals surface area contributed by atoms with Crippen molar-refractivity contribution < 1.29 is 23.1 Å². The number of hydrogen-bond donors (Lipinski definition) is 2. The van der Waals surface area contributed by atoms with Crippen molar-refractivity contribution in [1.82, 2.24) is 0 Å². The zero-order chi connectivity index (χ0) is 22.0. The molecule has 0 fully saturated rings. The predicted octanol–water partition coefficient (Wildman–Crippen LogP) is 5.39. The Hall–Kier alpha value is -4.13. The maximum atomic E-state index is 13.1. The van der Waals surface area contributed by atoms with Crippen LogP contribution in [0.2, 0.25) is 0 Å². The Morgan fingerprint density at radius 1 is 0.871 bits per heavy atom. The minimum absolute atomic E-state index is 0.0242. The molecule has 4 rings (SSSR count). The van der Waals surface area contributed by atoms with Gasteiger partial charge in [-0.25, -0.2) is 4.39 Å². The third-order valence-corrected chi connectivity index (χ3v) is 4.73. The van der Waals surface area contributed by atoms with E-state index in [9.17, 15) is 14.0 Å². The molecular weight excluding hydrogens is 399 g/mol. The number of ether oxygens (including phenoxy) is 1. The van der Waals surface area contributed by atoms with E-state index >= 15 is 0 Å². The van der Waals surface area contributed by atoms with Crippen LogP contribution in [-0.2, 0) is 0 Å². The number of aryl methyl sites for hydroxylation is 1. The predicted molar refractivity (Wildman–Crippen MR) is 116 cm³/mol. The van der Waals surface area contributed by atoms with Crippen molar-refractivity contribution in [2.75, 3.05) is 17.7 Å². The van der Waals surface area contributed by atoms with Gasteiger partial charge < -0.3 is 19.8 Å². The van der Waals surface area contributed by atoms with Crippen molar-refractivity contribution in [3.8, 4) is 5.75 Å². The summed E-state index contributed by atoms with van der Waals surface area (Å²) in [4.78, 5) is 25.2. The van der Waals surface area contributed by atoms with Gasteiger partial charge in [-0.3, -0.25) is 9.59 Å². The lowest BCUT2D eigenvalue weighted by atomic mass is 10.1. The van der Waals surface area contributed by atoms with E-state index in [1.807, 2.05) is 19.1 Å². The van der Waals surface area contributed by atoms with E-state index in [0.717, 1.165) is 5.56 Å². The van der Waals surface area contributed by atoms with Crippen LogP contribution in [-0.4, -0.2) is 18.9 Å². The van der Waals surface area contributed by atoms with Gasteiger partial charge in [0.15, 0.2) is 5.75 Å². The minimum atomic E-state index is -0.537. The molecule has 0 saturated carbocycles. The van der Waals surface area contributed by atoms with E-state index in [1.54, 1.807) is 30.3 Å². The maximum absolute atomic E-state index is 13.1. The first-order valence-corrected chi connectivity index (χ1v) is 9.50. The van der Waals surface area contributed by atoms with Gasteiger partial charge in [0.05, 0.1) is 12.5 Å². The summed E-state index contributed by atoms with van der Waals surface area (Å²) in [5, 5.41) is 6.01. The van der Waals surface area contributed by atoms with Gasteiger partial charge in [-0.1, -0.05) is 17.7 Å². The molecule has 0 unspecified atom stereocenters. The molecule has 0 saturated heterocycles. The number of carbonyl (C=O) groups excluding carboxylic acids is 2. The van der Waals surface area contributed by atoms with Crippen molar-refractivity contribution in [1.29, 1.82) is 0 Å². The zero-order valence-corrected chi connectivity index (χ0v) is 16.9. The largest absolute Gasteiger partial charge is 0.492 e. The molecule has 156 valence electrons. The normalized spacial score (nSPS) is 10.7. The van der Waals surface area contributed by atoms with Gasteiger partial charge in [0.1, 0.15) is 11.4 Å². The van der Waals surface area contributed by atoms with Gasteiger partial charge in [-0.05, 0) is 61.5 Å². The summed E-state index contributed by atoms with van der Waals surface area (Å²) in [7, 11) is 1.43. The summed E-state index contributed by atoms with van der Waals surface area (Å²) in [6.07, 6.45) is 0. The van der Waals surface area contributed by atoms with Crippen molar-refractivity contribution in [2.45, 2.75) is 6.92 Å². The molecule has 0 aliphatic heterocycles. The number of hydrogen-bond acceptors (Lipinski definition) is 4. The van der Waals surface area contributed by atoms with Gasteiger partial charge in [-0.15, -0.1) is 0 Å². The first-order valence-electron chi connectivity index (χ1n) is 9.50. The summed E-state index contributed by atoms with van der Waals surface area (Å²) < 4.78 is 24.2. The third kappa shape index (κ3) is 4.25. The average molecular weight is 418 g/mol. The quantitative estimate of drug-likeness (QED) is 0.455. The Morgan fingerprint density at radius 2 is 1.52 bits per heavy atom. The fraction of sp³-hybridized carbons (Fsp3) is 0.0833. The molecule has 7 heteroatoms. The second-order valence-electron chi connectivity index (χ2n) is 6.96. The number of carbonyl (C=O) groups is 2. The number of furan rings is 1. The van der Waals surface area contributed by atoms with E-state index in [4.69, 9.17) is 9.15 Å². The molecule has 0 atom stereocenters. The Kier molecular flexibility index (Phi) is 5.41. The molecular formula is C24H19FN2O4. The molecule has 1 heterocycles. The maximum Gasteiger partial charge on any atom is 0.295 e. The summed E-state index contributed by atoms with van der Waals surface area (Å²) >= 11 is 0. The summed E-state index contributed by atoms with van der Waals surface area (Å²) in [5.41, 5.74) is 2.97. The molecule has 0 spiro atoms. The van der Waals surface area contributed by atoms with Crippen molar-refractivity contribution in [3.63, 3.8) is 0 Å². The fourth-order valence-corrected chi connectivity index (χ4v) is 3.13. The van der Waals surface area contributed by atoms with E-state index < -0.39 is 11.7 Å². The molecule has 3 aromatic carbocycles. The van der Waals surface area contributed by atoms with Crippen LogP contribution >= 0.6 is 0 Å².